The minimum Gasteiger partial charge on any atom is -0.493 e. The molecule has 3 rings (SSSR count). The van der Waals surface area contributed by atoms with Gasteiger partial charge in [-0.05, 0) is 40.1 Å². The molecule has 0 bridgehead atoms. The first-order valence-corrected chi connectivity index (χ1v) is 7.18. The highest BCUT2D eigenvalue weighted by Gasteiger charge is 2.06. The van der Waals surface area contributed by atoms with Gasteiger partial charge in [0.2, 0.25) is 0 Å². The molecule has 3 nitrogen and oxygen atoms in total. The van der Waals surface area contributed by atoms with E-state index in [-0.39, 0.29) is 6.61 Å². The highest BCUT2D eigenvalue weighted by molar-refractivity contribution is 5.82. The van der Waals surface area contributed by atoms with E-state index in [1.807, 2.05) is 24.3 Å². The largest absolute Gasteiger partial charge is 0.493 e. The molecular formula is C19H18O3. The predicted molar refractivity (Wildman–Crippen MR) is 87.2 cm³/mol. The summed E-state index contributed by atoms with van der Waals surface area (Å²) in [5.41, 5.74) is 1.90. The zero-order chi connectivity index (χ0) is 15.4. The van der Waals surface area contributed by atoms with Gasteiger partial charge in [-0.3, -0.25) is 0 Å². The Hall–Kier alpha value is -2.52. The van der Waals surface area contributed by atoms with Crippen LogP contribution in [0.15, 0.2) is 60.7 Å². The van der Waals surface area contributed by atoms with E-state index < -0.39 is 0 Å². The summed E-state index contributed by atoms with van der Waals surface area (Å²) in [7, 11) is 1.60. The zero-order valence-corrected chi connectivity index (χ0v) is 12.5. The van der Waals surface area contributed by atoms with Gasteiger partial charge in [-0.1, -0.05) is 42.5 Å². The molecule has 0 amide bonds. The van der Waals surface area contributed by atoms with Crippen LogP contribution in [0, 0.1) is 0 Å². The van der Waals surface area contributed by atoms with E-state index in [2.05, 4.69) is 30.3 Å². The summed E-state index contributed by atoms with van der Waals surface area (Å²) >= 11 is 0. The van der Waals surface area contributed by atoms with E-state index in [0.717, 1.165) is 11.1 Å². The van der Waals surface area contributed by atoms with E-state index in [1.165, 1.54) is 10.8 Å². The van der Waals surface area contributed by atoms with Gasteiger partial charge < -0.3 is 14.6 Å². The molecule has 0 aliphatic carbocycles. The number of aliphatic hydroxyl groups is 1. The third-order valence-corrected chi connectivity index (χ3v) is 3.62. The van der Waals surface area contributed by atoms with Crippen molar-refractivity contribution in [3.05, 3.63) is 71.8 Å². The molecule has 0 aliphatic rings. The van der Waals surface area contributed by atoms with Crippen LogP contribution in [0.1, 0.15) is 11.1 Å². The maximum absolute atomic E-state index is 9.16. The second kappa shape index (κ2) is 6.50. The van der Waals surface area contributed by atoms with Crippen molar-refractivity contribution in [2.24, 2.45) is 0 Å². The van der Waals surface area contributed by atoms with Gasteiger partial charge in [0.15, 0.2) is 11.5 Å². The van der Waals surface area contributed by atoms with E-state index in [1.54, 1.807) is 13.2 Å². The number of hydrogen-bond donors (Lipinski definition) is 1. The second-order valence-electron chi connectivity index (χ2n) is 5.11. The first kappa shape index (κ1) is 14.4. The summed E-state index contributed by atoms with van der Waals surface area (Å²) in [6, 6.07) is 20.0. The summed E-state index contributed by atoms with van der Waals surface area (Å²) < 4.78 is 11.2. The molecule has 0 atom stereocenters. The average molecular weight is 294 g/mol. The normalized spacial score (nSPS) is 10.6. The zero-order valence-electron chi connectivity index (χ0n) is 12.5. The maximum atomic E-state index is 9.16. The molecular weight excluding hydrogens is 276 g/mol. The molecule has 3 heteroatoms. The molecule has 1 N–H and O–H groups in total. The van der Waals surface area contributed by atoms with Crippen LogP contribution in [0.3, 0.4) is 0 Å². The van der Waals surface area contributed by atoms with Crippen LogP contribution in [0.2, 0.25) is 0 Å². The third kappa shape index (κ3) is 3.05. The molecule has 0 aromatic heterocycles. The lowest BCUT2D eigenvalue weighted by molar-refractivity contribution is 0.274. The monoisotopic (exact) mass is 294 g/mol. The summed E-state index contributed by atoms with van der Waals surface area (Å²) in [6.45, 7) is 0.459. The Morgan fingerprint density at radius 3 is 2.36 bits per heavy atom. The SMILES string of the molecule is COc1cc(CO)ccc1OCc1ccc2ccccc2c1. The minimum absolute atomic E-state index is 0.0126. The molecule has 0 fully saturated rings. The molecule has 0 radical (unpaired) electrons. The van der Waals surface area contributed by atoms with Crippen molar-refractivity contribution in [3.63, 3.8) is 0 Å². The van der Waals surface area contributed by atoms with Crippen molar-refractivity contribution < 1.29 is 14.6 Å². The van der Waals surface area contributed by atoms with Crippen molar-refractivity contribution in [1.29, 1.82) is 0 Å². The number of fused-ring (bicyclic) bond motifs is 1. The van der Waals surface area contributed by atoms with Gasteiger partial charge in [0.1, 0.15) is 6.61 Å². The molecule has 0 unspecified atom stereocenters. The van der Waals surface area contributed by atoms with Crippen LogP contribution in [-0.2, 0) is 13.2 Å². The summed E-state index contributed by atoms with van der Waals surface area (Å²) in [5.74, 6) is 1.31. The van der Waals surface area contributed by atoms with Gasteiger partial charge in [-0.15, -0.1) is 0 Å². The van der Waals surface area contributed by atoms with Gasteiger partial charge in [-0.2, -0.15) is 0 Å². The van der Waals surface area contributed by atoms with Crippen molar-refractivity contribution in [1.82, 2.24) is 0 Å². The molecule has 0 heterocycles. The van der Waals surface area contributed by atoms with Crippen LogP contribution in [-0.4, -0.2) is 12.2 Å². The molecule has 0 aliphatic heterocycles. The molecule has 22 heavy (non-hydrogen) atoms. The van der Waals surface area contributed by atoms with Gasteiger partial charge >= 0.3 is 0 Å². The number of hydrogen-bond acceptors (Lipinski definition) is 3. The average Bonchev–Trinajstić information content (AvgIpc) is 2.59. The van der Waals surface area contributed by atoms with Gasteiger partial charge in [0.25, 0.3) is 0 Å². The number of rotatable bonds is 5. The van der Waals surface area contributed by atoms with E-state index in [4.69, 9.17) is 14.6 Å². The predicted octanol–water partition coefficient (Wildman–Crippen LogP) is 3.92. The third-order valence-electron chi connectivity index (χ3n) is 3.62. The fourth-order valence-corrected chi connectivity index (χ4v) is 2.42. The van der Waals surface area contributed by atoms with E-state index >= 15 is 0 Å². The fourth-order valence-electron chi connectivity index (χ4n) is 2.42. The van der Waals surface area contributed by atoms with Gasteiger partial charge in [0, 0.05) is 0 Å². The number of methoxy groups -OCH3 is 1. The van der Waals surface area contributed by atoms with Crippen LogP contribution in [0.25, 0.3) is 10.8 Å². The van der Waals surface area contributed by atoms with Crippen molar-refractivity contribution in [2.45, 2.75) is 13.2 Å². The first-order valence-electron chi connectivity index (χ1n) is 7.18. The lowest BCUT2D eigenvalue weighted by atomic mass is 10.1. The Bertz CT molecular complexity index is 780. The first-order chi connectivity index (χ1) is 10.8. The van der Waals surface area contributed by atoms with E-state index in [0.29, 0.717) is 18.1 Å². The van der Waals surface area contributed by atoms with E-state index in [9.17, 15) is 0 Å². The molecule has 0 spiro atoms. The lowest BCUT2D eigenvalue weighted by Gasteiger charge is -2.12. The number of aliphatic hydroxyl groups excluding tert-OH is 1. The molecule has 112 valence electrons. The summed E-state index contributed by atoms with van der Waals surface area (Å²) in [6.07, 6.45) is 0. The molecule has 0 saturated carbocycles. The molecule has 3 aromatic carbocycles. The number of ether oxygens (including phenoxy) is 2. The fraction of sp³-hybridized carbons (Fsp3) is 0.158. The Morgan fingerprint density at radius 1 is 0.818 bits per heavy atom. The van der Waals surface area contributed by atoms with Crippen LogP contribution in [0.5, 0.6) is 11.5 Å². The highest BCUT2D eigenvalue weighted by atomic mass is 16.5. The Kier molecular flexibility index (Phi) is 4.26. The Morgan fingerprint density at radius 2 is 1.59 bits per heavy atom. The Balaban J connectivity index is 1.78. The quantitative estimate of drug-likeness (QED) is 0.775. The standard InChI is InChI=1S/C19H18O3/c1-21-19-11-14(12-20)7-9-18(19)22-13-15-6-8-16-4-2-3-5-17(16)10-15/h2-11,20H,12-13H2,1H3. The van der Waals surface area contributed by atoms with Crippen LogP contribution < -0.4 is 9.47 Å². The Labute approximate surface area is 129 Å². The topological polar surface area (TPSA) is 38.7 Å². The number of benzene rings is 3. The van der Waals surface area contributed by atoms with Crippen molar-refractivity contribution >= 4 is 10.8 Å². The summed E-state index contributed by atoms with van der Waals surface area (Å²) in [4.78, 5) is 0. The molecule has 0 saturated heterocycles. The van der Waals surface area contributed by atoms with Crippen LogP contribution in [0.4, 0.5) is 0 Å². The van der Waals surface area contributed by atoms with Gasteiger partial charge in [-0.25, -0.2) is 0 Å². The van der Waals surface area contributed by atoms with Crippen molar-refractivity contribution in [3.8, 4) is 11.5 Å². The van der Waals surface area contributed by atoms with Crippen molar-refractivity contribution in [2.75, 3.05) is 7.11 Å². The smallest absolute Gasteiger partial charge is 0.161 e. The highest BCUT2D eigenvalue weighted by Crippen LogP contribution is 2.29. The lowest BCUT2D eigenvalue weighted by Crippen LogP contribution is -1.98. The molecule has 3 aromatic rings. The minimum atomic E-state index is -0.0126. The van der Waals surface area contributed by atoms with Crippen LogP contribution >= 0.6 is 0 Å². The summed E-state index contributed by atoms with van der Waals surface area (Å²) in [5, 5.41) is 11.6. The maximum Gasteiger partial charge on any atom is 0.161 e. The van der Waals surface area contributed by atoms with Gasteiger partial charge in [0.05, 0.1) is 13.7 Å². The second-order valence-corrected chi connectivity index (χ2v) is 5.11.